The number of aliphatic hydroxyl groups excluding tert-OH is 1. The van der Waals surface area contributed by atoms with Gasteiger partial charge >= 0.3 is 6.23 Å². The average Bonchev–Trinajstić information content (AvgIpc) is 1.65. The van der Waals surface area contributed by atoms with Gasteiger partial charge in [-0.2, -0.15) is 0 Å². The van der Waals surface area contributed by atoms with Crippen LogP contribution < -0.4 is 0 Å². The molecule has 1 N–H and O–H groups in total. The fourth-order valence-electron chi connectivity index (χ4n) is 0.0745. The molecule has 0 aromatic heterocycles. The predicted molar refractivity (Wildman–Crippen MR) is 22.4 cm³/mol. The maximum absolute atomic E-state index is 9.38. The lowest BCUT2D eigenvalue weighted by molar-refractivity contribution is -0.495. The molecule has 0 saturated heterocycles. The Labute approximate surface area is 40.2 Å². The van der Waals surface area contributed by atoms with E-state index in [1.54, 1.807) is 0 Å². The molecule has 0 heterocycles. The molecule has 0 fully saturated rings. The summed E-state index contributed by atoms with van der Waals surface area (Å²) in [4.78, 5) is 8.45. The molecule has 4 nitrogen and oxygen atoms in total. The molecule has 39 valence electrons. The number of hydrogen-bond acceptors (Lipinski definition) is 3. The second-order valence-corrected chi connectivity index (χ2v) is 0.819. The first-order chi connectivity index (χ1) is 3.18. The topological polar surface area (TPSA) is 63.4 Å². The molecule has 1 radical (unpaired) electrons. The van der Waals surface area contributed by atoms with Crippen LogP contribution in [0.1, 0.15) is 0 Å². The second kappa shape index (κ2) is 2.30. The van der Waals surface area contributed by atoms with E-state index in [4.69, 9.17) is 5.11 Å². The van der Waals surface area contributed by atoms with E-state index in [2.05, 4.69) is 6.58 Å². The van der Waals surface area contributed by atoms with Gasteiger partial charge in [0.05, 0.1) is 4.92 Å². The molecule has 4 heteroatoms. The lowest BCUT2D eigenvalue weighted by atomic mass is 10.6. The Kier molecular flexibility index (Phi) is 2.01. The highest BCUT2D eigenvalue weighted by Gasteiger charge is 2.11. The predicted octanol–water partition coefficient (Wildman–Crippen LogP) is 0.311. The highest BCUT2D eigenvalue weighted by molar-refractivity contribution is 4.84. The minimum atomic E-state index is -0.924. The van der Waals surface area contributed by atoms with Crippen molar-refractivity contribution in [2.45, 2.75) is 0 Å². The molecule has 0 saturated carbocycles. The zero-order chi connectivity index (χ0) is 5.86. The molecule has 0 aliphatic rings. The maximum Gasteiger partial charge on any atom is 0.442 e. The minimum absolute atomic E-state index is 0.764. The summed E-state index contributed by atoms with van der Waals surface area (Å²) in [5, 5.41) is 17.4. The van der Waals surface area contributed by atoms with Crippen LogP contribution in [0.2, 0.25) is 0 Å². The van der Waals surface area contributed by atoms with Crippen LogP contribution in [0, 0.1) is 16.3 Å². The highest BCUT2D eigenvalue weighted by atomic mass is 16.7. The standard InChI is InChI=1S/C3H4NO3/c1-2-3(5)4(6)7/h2,5H,1H2. The Bertz CT molecular complexity index is 90.2. The number of nitro groups is 1. The first-order valence-corrected chi connectivity index (χ1v) is 1.51. The quantitative estimate of drug-likeness (QED) is 0.403. The number of nitrogens with zero attached hydrogens (tertiary/aromatic N) is 1. The molecule has 7 heavy (non-hydrogen) atoms. The van der Waals surface area contributed by atoms with Gasteiger partial charge in [-0.1, -0.05) is 6.58 Å². The van der Waals surface area contributed by atoms with Gasteiger partial charge in [-0.3, -0.25) is 10.1 Å². The third kappa shape index (κ3) is 1.88. The molecule has 0 rings (SSSR count). The smallest absolute Gasteiger partial charge is 0.319 e. The van der Waals surface area contributed by atoms with Crippen LogP contribution in [-0.2, 0) is 0 Å². The van der Waals surface area contributed by atoms with E-state index in [9.17, 15) is 10.1 Å². The van der Waals surface area contributed by atoms with Crippen molar-refractivity contribution >= 4 is 0 Å². The van der Waals surface area contributed by atoms with E-state index in [1.807, 2.05) is 0 Å². The normalized spacial score (nSPS) is 8.86. The highest BCUT2D eigenvalue weighted by Crippen LogP contribution is 1.91. The van der Waals surface area contributed by atoms with E-state index in [0.29, 0.717) is 0 Å². The molecule has 0 aliphatic carbocycles. The maximum atomic E-state index is 9.38. The molecule has 0 unspecified atom stereocenters. The van der Waals surface area contributed by atoms with Gasteiger partial charge in [0.2, 0.25) is 0 Å². The average molecular weight is 102 g/mol. The molecule has 0 aromatic carbocycles. The molecular formula is C3H4NO3. The summed E-state index contributed by atoms with van der Waals surface area (Å²) >= 11 is 0. The van der Waals surface area contributed by atoms with Crippen LogP contribution in [-0.4, -0.2) is 10.0 Å². The molecule has 0 amide bonds. The molecule has 0 aliphatic heterocycles. The monoisotopic (exact) mass is 102 g/mol. The molecule has 0 atom stereocenters. The zero-order valence-electron chi connectivity index (χ0n) is 3.50. The summed E-state index contributed by atoms with van der Waals surface area (Å²) in [6.45, 7) is 2.95. The molecular weight excluding hydrogens is 98.0 g/mol. The van der Waals surface area contributed by atoms with Crippen molar-refractivity contribution in [1.29, 1.82) is 0 Å². The summed E-state index contributed by atoms with van der Waals surface area (Å²) in [6, 6.07) is 0. The van der Waals surface area contributed by atoms with E-state index in [0.717, 1.165) is 6.08 Å². The van der Waals surface area contributed by atoms with E-state index in [1.165, 1.54) is 0 Å². The first-order valence-electron chi connectivity index (χ1n) is 1.51. The van der Waals surface area contributed by atoms with Gasteiger partial charge in [0.25, 0.3) is 0 Å². The minimum Gasteiger partial charge on any atom is -0.319 e. The lowest BCUT2D eigenvalue weighted by Gasteiger charge is -1.85. The lowest BCUT2D eigenvalue weighted by Crippen LogP contribution is -2.03. The third-order valence-corrected chi connectivity index (χ3v) is 0.370. The molecule has 0 bridgehead atoms. The Balaban J connectivity index is 3.55. The summed E-state index contributed by atoms with van der Waals surface area (Å²) in [6.07, 6.45) is -0.153. The summed E-state index contributed by atoms with van der Waals surface area (Å²) in [5.41, 5.74) is 0. The first kappa shape index (κ1) is 6.10. The summed E-state index contributed by atoms with van der Waals surface area (Å²) in [7, 11) is 0. The van der Waals surface area contributed by atoms with Gasteiger partial charge < -0.3 is 5.11 Å². The van der Waals surface area contributed by atoms with E-state index in [-0.39, 0.29) is 0 Å². The van der Waals surface area contributed by atoms with Crippen molar-refractivity contribution in [2.24, 2.45) is 0 Å². The van der Waals surface area contributed by atoms with Gasteiger partial charge in [0.1, 0.15) is 0 Å². The van der Waals surface area contributed by atoms with Crippen molar-refractivity contribution in [2.75, 3.05) is 0 Å². The number of hydrogen-bond donors (Lipinski definition) is 1. The molecule has 0 aromatic rings. The van der Waals surface area contributed by atoms with Crippen molar-refractivity contribution in [3.8, 4) is 0 Å². The van der Waals surface area contributed by atoms with Gasteiger partial charge in [0.15, 0.2) is 0 Å². The summed E-state index contributed by atoms with van der Waals surface area (Å²) in [5.74, 6) is 0. The molecule has 0 spiro atoms. The van der Waals surface area contributed by atoms with Crippen LogP contribution in [0.3, 0.4) is 0 Å². The van der Waals surface area contributed by atoms with Gasteiger partial charge in [-0.05, 0) is 0 Å². The zero-order valence-corrected chi connectivity index (χ0v) is 3.50. The van der Waals surface area contributed by atoms with Crippen LogP contribution in [0.15, 0.2) is 12.7 Å². The number of aliphatic hydroxyl groups is 1. The second-order valence-electron chi connectivity index (χ2n) is 0.819. The van der Waals surface area contributed by atoms with Crippen molar-refractivity contribution < 1.29 is 10.0 Å². The Hall–Kier alpha value is -0.900. The Morgan fingerprint density at radius 2 is 2.43 bits per heavy atom. The van der Waals surface area contributed by atoms with Crippen molar-refractivity contribution in [1.82, 2.24) is 0 Å². The third-order valence-electron chi connectivity index (χ3n) is 0.370. The number of rotatable bonds is 2. The summed E-state index contributed by atoms with van der Waals surface area (Å²) < 4.78 is 0. The van der Waals surface area contributed by atoms with Crippen molar-refractivity contribution in [3.05, 3.63) is 29.0 Å². The van der Waals surface area contributed by atoms with E-state index < -0.39 is 11.2 Å². The van der Waals surface area contributed by atoms with Crippen molar-refractivity contribution in [3.63, 3.8) is 0 Å². The van der Waals surface area contributed by atoms with Crippen LogP contribution in [0.5, 0.6) is 0 Å². The largest absolute Gasteiger partial charge is 0.442 e. The van der Waals surface area contributed by atoms with Gasteiger partial charge in [0, 0.05) is 6.08 Å². The van der Waals surface area contributed by atoms with Crippen LogP contribution in [0.25, 0.3) is 0 Å². The van der Waals surface area contributed by atoms with Crippen LogP contribution >= 0.6 is 0 Å². The Morgan fingerprint density at radius 3 is 2.43 bits per heavy atom. The fourth-order valence-corrected chi connectivity index (χ4v) is 0.0745. The SMILES string of the molecule is C=C[C](O)[N+](=O)[O-]. The Morgan fingerprint density at radius 1 is 2.00 bits per heavy atom. The van der Waals surface area contributed by atoms with Gasteiger partial charge in [-0.15, -0.1) is 0 Å². The van der Waals surface area contributed by atoms with E-state index >= 15 is 0 Å². The fraction of sp³-hybridized carbons (Fsp3) is 0. The van der Waals surface area contributed by atoms with Gasteiger partial charge in [-0.25, -0.2) is 0 Å². The van der Waals surface area contributed by atoms with Crippen LogP contribution in [0.4, 0.5) is 0 Å².